The summed E-state index contributed by atoms with van der Waals surface area (Å²) in [4.78, 5) is 4.44. The number of rotatable bonds is 8. The van der Waals surface area contributed by atoms with Crippen molar-refractivity contribution in [3.63, 3.8) is 0 Å². The van der Waals surface area contributed by atoms with Gasteiger partial charge in [-0.15, -0.1) is 0 Å². The minimum absolute atomic E-state index is 0.273. The molecule has 0 fully saturated rings. The van der Waals surface area contributed by atoms with E-state index in [4.69, 9.17) is 15.0 Å². The number of methoxy groups -OCH3 is 1. The first-order valence-corrected chi connectivity index (χ1v) is 9.47. The molecule has 2 N–H and O–H groups in total. The Morgan fingerprint density at radius 1 is 1.13 bits per heavy atom. The highest BCUT2D eigenvalue weighted by atomic mass is 19.4. The molecule has 3 rings (SSSR count). The number of nitrogens with two attached hydrogens (primary N) is 1. The van der Waals surface area contributed by atoms with Gasteiger partial charge < -0.3 is 15.0 Å². The third-order valence-electron chi connectivity index (χ3n) is 4.50. The van der Waals surface area contributed by atoms with Gasteiger partial charge in [-0.3, -0.25) is 0 Å². The summed E-state index contributed by atoms with van der Waals surface area (Å²) in [5.41, 5.74) is 6.68. The van der Waals surface area contributed by atoms with Crippen molar-refractivity contribution in [1.82, 2.24) is 10.1 Å². The molecule has 0 spiro atoms. The monoisotopic (exact) mass is 417 g/mol. The van der Waals surface area contributed by atoms with Crippen LogP contribution in [0.3, 0.4) is 0 Å². The third kappa shape index (κ3) is 5.48. The smallest absolute Gasteiger partial charge is 0.416 e. The quantitative estimate of drug-likeness (QED) is 0.495. The number of alkyl halides is 3. The molecule has 5 nitrogen and oxygen atoms in total. The molecule has 0 amide bonds. The van der Waals surface area contributed by atoms with Gasteiger partial charge in [0.05, 0.1) is 12.7 Å². The third-order valence-corrected chi connectivity index (χ3v) is 4.50. The molecule has 0 bridgehead atoms. The predicted molar refractivity (Wildman–Crippen MR) is 109 cm³/mol. The minimum atomic E-state index is -4.41. The molecule has 0 aliphatic carbocycles. The number of nitrogens with zero attached hydrogens (tertiary/aromatic N) is 2. The molecule has 2 aromatic carbocycles. The topological polar surface area (TPSA) is 74.2 Å². The Morgan fingerprint density at radius 2 is 1.90 bits per heavy atom. The Kier molecular flexibility index (Phi) is 6.89. The molecule has 30 heavy (non-hydrogen) atoms. The van der Waals surface area contributed by atoms with E-state index in [0.717, 1.165) is 30.5 Å². The first-order valence-electron chi connectivity index (χ1n) is 9.47. The lowest BCUT2D eigenvalue weighted by molar-refractivity contribution is -0.137. The second-order valence-electron chi connectivity index (χ2n) is 6.69. The Balaban J connectivity index is 1.92. The first-order chi connectivity index (χ1) is 14.4. The molecular weight excluding hydrogens is 395 g/mol. The highest BCUT2D eigenvalue weighted by Gasteiger charge is 2.30. The van der Waals surface area contributed by atoms with E-state index in [9.17, 15) is 13.2 Å². The standard InChI is InChI=1S/C22H22F3N3O2/c1-29-19-10-8-16(9-11-19)20-27-21(30-28-20)17(6-2-3-12-26)13-15-5-4-7-18(14-15)22(23,24)25/h4-5,7-11,13-14H,2-3,6,12,26H2,1H3/b17-13+. The Morgan fingerprint density at radius 3 is 2.57 bits per heavy atom. The summed E-state index contributed by atoms with van der Waals surface area (Å²) >= 11 is 0. The van der Waals surface area contributed by atoms with E-state index in [0.29, 0.717) is 35.7 Å². The van der Waals surface area contributed by atoms with Crippen molar-refractivity contribution in [3.05, 3.63) is 65.5 Å². The van der Waals surface area contributed by atoms with E-state index >= 15 is 0 Å². The maximum atomic E-state index is 13.0. The van der Waals surface area contributed by atoms with Crippen LogP contribution in [0.15, 0.2) is 53.1 Å². The molecule has 158 valence electrons. The number of aromatic nitrogens is 2. The van der Waals surface area contributed by atoms with Gasteiger partial charge in [0.25, 0.3) is 5.89 Å². The van der Waals surface area contributed by atoms with Crippen LogP contribution in [-0.4, -0.2) is 23.8 Å². The van der Waals surface area contributed by atoms with Gasteiger partial charge in [0, 0.05) is 11.1 Å². The zero-order valence-corrected chi connectivity index (χ0v) is 16.4. The number of ether oxygens (including phenoxy) is 1. The molecule has 0 saturated carbocycles. The van der Waals surface area contributed by atoms with Gasteiger partial charge in [0.1, 0.15) is 5.75 Å². The molecule has 0 unspecified atom stereocenters. The van der Waals surface area contributed by atoms with Crippen LogP contribution in [-0.2, 0) is 6.18 Å². The van der Waals surface area contributed by atoms with Gasteiger partial charge in [0.2, 0.25) is 5.82 Å². The predicted octanol–water partition coefficient (Wildman–Crippen LogP) is 5.43. The number of hydrogen-bond acceptors (Lipinski definition) is 5. The van der Waals surface area contributed by atoms with Gasteiger partial charge in [-0.25, -0.2) is 0 Å². The molecule has 0 radical (unpaired) electrons. The molecule has 0 saturated heterocycles. The van der Waals surface area contributed by atoms with Crippen molar-refractivity contribution >= 4 is 11.6 Å². The molecule has 1 heterocycles. The Bertz CT molecular complexity index is 995. The van der Waals surface area contributed by atoms with Crippen molar-refractivity contribution in [3.8, 4) is 17.1 Å². The molecule has 0 atom stereocenters. The van der Waals surface area contributed by atoms with E-state index in [1.165, 1.54) is 6.07 Å². The van der Waals surface area contributed by atoms with E-state index < -0.39 is 11.7 Å². The summed E-state index contributed by atoms with van der Waals surface area (Å²) in [5.74, 6) is 1.37. The summed E-state index contributed by atoms with van der Waals surface area (Å²) in [6.45, 7) is 0.526. The maximum absolute atomic E-state index is 13.0. The minimum Gasteiger partial charge on any atom is -0.497 e. The van der Waals surface area contributed by atoms with Gasteiger partial charge in [-0.1, -0.05) is 17.3 Å². The van der Waals surface area contributed by atoms with Crippen molar-refractivity contribution in [2.75, 3.05) is 13.7 Å². The van der Waals surface area contributed by atoms with Crippen molar-refractivity contribution in [1.29, 1.82) is 0 Å². The summed E-state index contributed by atoms with van der Waals surface area (Å²) < 4.78 is 49.7. The number of allylic oxidation sites excluding steroid dienone is 1. The van der Waals surface area contributed by atoms with Crippen LogP contribution in [0.5, 0.6) is 5.75 Å². The van der Waals surface area contributed by atoms with E-state index in [2.05, 4.69) is 10.1 Å². The number of hydrogen-bond donors (Lipinski definition) is 1. The van der Waals surface area contributed by atoms with Crippen LogP contribution in [0.1, 0.15) is 36.3 Å². The number of benzene rings is 2. The fourth-order valence-corrected chi connectivity index (χ4v) is 2.92. The number of halogens is 3. The zero-order valence-electron chi connectivity index (χ0n) is 16.4. The fourth-order valence-electron chi connectivity index (χ4n) is 2.92. The fraction of sp³-hybridized carbons (Fsp3) is 0.273. The lowest BCUT2D eigenvalue weighted by Gasteiger charge is -2.08. The zero-order chi connectivity index (χ0) is 21.6. The van der Waals surface area contributed by atoms with Crippen LogP contribution in [0.4, 0.5) is 13.2 Å². The molecule has 0 aliphatic rings. The molecule has 1 aromatic heterocycles. The average Bonchev–Trinajstić information content (AvgIpc) is 3.23. The summed E-state index contributed by atoms with van der Waals surface area (Å²) in [5, 5.41) is 4.02. The van der Waals surface area contributed by atoms with Crippen molar-refractivity contribution in [2.45, 2.75) is 25.4 Å². The van der Waals surface area contributed by atoms with E-state index in [-0.39, 0.29) is 5.89 Å². The normalized spacial score (nSPS) is 12.2. The van der Waals surface area contributed by atoms with Crippen molar-refractivity contribution < 1.29 is 22.4 Å². The maximum Gasteiger partial charge on any atom is 0.416 e. The van der Waals surface area contributed by atoms with Gasteiger partial charge in [0.15, 0.2) is 0 Å². The summed E-state index contributed by atoms with van der Waals surface area (Å²) in [6.07, 6.45) is -0.675. The second-order valence-corrected chi connectivity index (χ2v) is 6.69. The lowest BCUT2D eigenvalue weighted by atomic mass is 10.0. The van der Waals surface area contributed by atoms with E-state index in [1.54, 1.807) is 43.5 Å². The average molecular weight is 417 g/mol. The first kappa shape index (κ1) is 21.6. The van der Waals surface area contributed by atoms with Crippen LogP contribution in [0.25, 0.3) is 23.0 Å². The van der Waals surface area contributed by atoms with Crippen LogP contribution in [0, 0.1) is 0 Å². The molecule has 3 aromatic rings. The molecule has 0 aliphatic heterocycles. The van der Waals surface area contributed by atoms with E-state index in [1.807, 2.05) is 0 Å². The van der Waals surface area contributed by atoms with Gasteiger partial charge in [-0.05, 0) is 73.8 Å². The molecule has 8 heteroatoms. The Hall–Kier alpha value is -3.13. The van der Waals surface area contributed by atoms with Gasteiger partial charge in [-0.2, -0.15) is 18.2 Å². The van der Waals surface area contributed by atoms with Crippen molar-refractivity contribution in [2.24, 2.45) is 5.73 Å². The van der Waals surface area contributed by atoms with Crippen LogP contribution < -0.4 is 10.5 Å². The second kappa shape index (κ2) is 9.58. The summed E-state index contributed by atoms with van der Waals surface area (Å²) in [7, 11) is 1.58. The largest absolute Gasteiger partial charge is 0.497 e. The highest BCUT2D eigenvalue weighted by molar-refractivity contribution is 5.78. The summed E-state index contributed by atoms with van der Waals surface area (Å²) in [6, 6.07) is 12.3. The van der Waals surface area contributed by atoms with Crippen LogP contribution >= 0.6 is 0 Å². The SMILES string of the molecule is COc1ccc(-c2noc(/C(=C/c3cccc(C(F)(F)F)c3)CCCCN)n2)cc1. The molecular formula is C22H22F3N3O2. The highest BCUT2D eigenvalue weighted by Crippen LogP contribution is 2.31. The lowest BCUT2D eigenvalue weighted by Crippen LogP contribution is -2.04. The van der Waals surface area contributed by atoms with Gasteiger partial charge >= 0.3 is 6.18 Å². The number of unbranched alkanes of at least 4 members (excludes halogenated alkanes) is 1. The van der Waals surface area contributed by atoms with Crippen LogP contribution in [0.2, 0.25) is 0 Å². The Labute approximate surface area is 172 Å².